The second kappa shape index (κ2) is 12.9. The minimum atomic E-state index is -0.352. The van der Waals surface area contributed by atoms with E-state index in [-0.39, 0.29) is 17.7 Å². The van der Waals surface area contributed by atoms with E-state index in [2.05, 4.69) is 37.0 Å². The summed E-state index contributed by atoms with van der Waals surface area (Å²) in [5.41, 5.74) is 5.43. The molecule has 3 aromatic carbocycles. The average Bonchev–Trinajstić information content (AvgIpc) is 2.95. The second-order valence-electron chi connectivity index (χ2n) is 11.1. The first-order chi connectivity index (χ1) is 19.3. The van der Waals surface area contributed by atoms with Crippen LogP contribution in [0.4, 0.5) is 0 Å². The van der Waals surface area contributed by atoms with Gasteiger partial charge in [-0.1, -0.05) is 72.3 Å². The van der Waals surface area contributed by atoms with Gasteiger partial charge in [-0.05, 0) is 86.6 Å². The number of rotatable bonds is 10. The molecule has 4 aromatic rings. The Hall–Kier alpha value is -3.31. The van der Waals surface area contributed by atoms with Crippen LogP contribution >= 0.6 is 11.6 Å². The summed E-state index contributed by atoms with van der Waals surface area (Å²) in [5, 5.41) is 1.71. The van der Waals surface area contributed by atoms with Crippen molar-refractivity contribution in [3.63, 3.8) is 0 Å². The fourth-order valence-electron chi connectivity index (χ4n) is 5.22. The quantitative estimate of drug-likeness (QED) is 0.184. The summed E-state index contributed by atoms with van der Waals surface area (Å²) in [6.07, 6.45) is 8.92. The SMILES string of the molecule is CC(C)(Cc1ccccc1CCC(=O)c1cccc(C=Cc2ccc3ccc(Cl)cc3n2)c1)OC1CCCCO1. The van der Waals surface area contributed by atoms with Crippen LogP contribution in [0.1, 0.15) is 72.3 Å². The number of pyridine rings is 1. The van der Waals surface area contributed by atoms with Crippen LogP contribution in [-0.2, 0) is 22.3 Å². The van der Waals surface area contributed by atoms with Crippen LogP contribution in [0.5, 0.6) is 0 Å². The summed E-state index contributed by atoms with van der Waals surface area (Å²) >= 11 is 6.13. The van der Waals surface area contributed by atoms with Gasteiger partial charge >= 0.3 is 0 Å². The molecule has 1 aromatic heterocycles. The number of ether oxygens (including phenoxy) is 2. The van der Waals surface area contributed by atoms with E-state index in [1.165, 1.54) is 11.1 Å². The second-order valence-corrected chi connectivity index (χ2v) is 11.5. The minimum absolute atomic E-state index is 0.130. The van der Waals surface area contributed by atoms with E-state index in [0.717, 1.165) is 60.0 Å². The molecule has 5 heteroatoms. The third-order valence-corrected chi connectivity index (χ3v) is 7.51. The summed E-state index contributed by atoms with van der Waals surface area (Å²) in [6, 6.07) is 25.9. The maximum Gasteiger partial charge on any atom is 0.163 e. The normalized spacial score (nSPS) is 16.0. The van der Waals surface area contributed by atoms with Gasteiger partial charge in [0, 0.05) is 35.4 Å². The van der Waals surface area contributed by atoms with Crippen LogP contribution in [0.2, 0.25) is 5.02 Å². The molecule has 2 heterocycles. The molecule has 0 spiro atoms. The number of hydrogen-bond donors (Lipinski definition) is 0. The zero-order valence-corrected chi connectivity index (χ0v) is 24.0. The molecule has 1 aliphatic heterocycles. The number of hydrogen-bond acceptors (Lipinski definition) is 4. The van der Waals surface area contributed by atoms with E-state index in [4.69, 9.17) is 21.1 Å². The molecule has 0 aliphatic carbocycles. The fourth-order valence-corrected chi connectivity index (χ4v) is 5.39. The summed E-state index contributed by atoms with van der Waals surface area (Å²) in [5.74, 6) is 0.134. The molecule has 0 bridgehead atoms. The van der Waals surface area contributed by atoms with Crippen molar-refractivity contribution in [1.82, 2.24) is 4.98 Å². The Labute approximate surface area is 242 Å². The number of fused-ring (bicyclic) bond motifs is 1. The topological polar surface area (TPSA) is 48.4 Å². The van der Waals surface area contributed by atoms with Gasteiger partial charge in [0.2, 0.25) is 0 Å². The molecule has 40 heavy (non-hydrogen) atoms. The molecule has 0 N–H and O–H groups in total. The predicted molar refractivity (Wildman–Crippen MR) is 164 cm³/mol. The molecule has 5 rings (SSSR count). The predicted octanol–water partition coefficient (Wildman–Crippen LogP) is 8.74. The maximum atomic E-state index is 13.2. The standard InChI is InChI=1S/C35H36ClNO3/c1-35(2,40-34-12-5-6-21-39-34)24-29-10-4-3-9-26(29)16-20-33(38)28-11-7-8-25(22-28)13-18-31-19-15-27-14-17-30(36)23-32(27)37-31/h3-4,7-11,13-15,17-19,22-23,34H,5-6,12,16,20-21,24H2,1-2H3. The van der Waals surface area contributed by atoms with Gasteiger partial charge in [-0.25, -0.2) is 4.98 Å². The monoisotopic (exact) mass is 553 g/mol. The van der Waals surface area contributed by atoms with Crippen LogP contribution < -0.4 is 0 Å². The Kier molecular flexibility index (Phi) is 9.11. The molecule has 0 saturated carbocycles. The molecule has 1 unspecified atom stereocenters. The van der Waals surface area contributed by atoms with Crippen LogP contribution in [0.3, 0.4) is 0 Å². The lowest BCUT2D eigenvalue weighted by Crippen LogP contribution is -2.36. The van der Waals surface area contributed by atoms with Gasteiger partial charge in [-0.3, -0.25) is 4.79 Å². The molecule has 4 nitrogen and oxygen atoms in total. The number of ketones is 1. The first-order valence-corrected chi connectivity index (χ1v) is 14.5. The fraction of sp³-hybridized carbons (Fsp3) is 0.314. The van der Waals surface area contributed by atoms with Gasteiger partial charge in [-0.2, -0.15) is 0 Å². The molecule has 1 fully saturated rings. The zero-order valence-electron chi connectivity index (χ0n) is 23.2. The van der Waals surface area contributed by atoms with Gasteiger partial charge in [0.25, 0.3) is 0 Å². The lowest BCUT2D eigenvalue weighted by Gasteiger charge is -2.33. The molecule has 1 aliphatic rings. The summed E-state index contributed by atoms with van der Waals surface area (Å²) in [6.45, 7) is 5.01. The Morgan fingerprint density at radius 1 is 1.00 bits per heavy atom. The first-order valence-electron chi connectivity index (χ1n) is 14.1. The number of halogens is 1. The molecule has 1 atom stereocenters. The number of Topliss-reactive ketones (excluding diaryl/α,β-unsaturated/α-hetero) is 1. The third-order valence-electron chi connectivity index (χ3n) is 7.28. The number of aryl methyl sites for hydroxylation is 1. The number of nitrogens with zero attached hydrogens (tertiary/aromatic N) is 1. The van der Waals surface area contributed by atoms with Crippen LogP contribution in [-0.4, -0.2) is 29.3 Å². The van der Waals surface area contributed by atoms with Gasteiger partial charge in [0.1, 0.15) is 0 Å². The van der Waals surface area contributed by atoms with E-state index >= 15 is 0 Å². The van der Waals surface area contributed by atoms with E-state index in [9.17, 15) is 4.79 Å². The number of benzene rings is 3. The van der Waals surface area contributed by atoms with Crippen molar-refractivity contribution in [2.45, 2.75) is 64.3 Å². The maximum absolute atomic E-state index is 13.2. The van der Waals surface area contributed by atoms with E-state index in [0.29, 0.717) is 17.9 Å². The van der Waals surface area contributed by atoms with Crippen molar-refractivity contribution in [2.24, 2.45) is 0 Å². The van der Waals surface area contributed by atoms with Gasteiger partial charge < -0.3 is 9.47 Å². The lowest BCUT2D eigenvalue weighted by molar-refractivity contribution is -0.214. The van der Waals surface area contributed by atoms with E-state index in [1.54, 1.807) is 0 Å². The summed E-state index contributed by atoms with van der Waals surface area (Å²) < 4.78 is 12.1. The van der Waals surface area contributed by atoms with Gasteiger partial charge in [0.05, 0.1) is 16.8 Å². The molecule has 1 saturated heterocycles. The Morgan fingerprint density at radius 2 is 1.82 bits per heavy atom. The van der Waals surface area contributed by atoms with Crippen molar-refractivity contribution in [3.8, 4) is 0 Å². The minimum Gasteiger partial charge on any atom is -0.353 e. The zero-order chi connectivity index (χ0) is 28.0. The van der Waals surface area contributed by atoms with Crippen molar-refractivity contribution in [3.05, 3.63) is 112 Å². The summed E-state index contributed by atoms with van der Waals surface area (Å²) in [4.78, 5) is 17.9. The first kappa shape index (κ1) is 28.2. The van der Waals surface area contributed by atoms with E-state index in [1.807, 2.05) is 72.8 Å². The number of carbonyl (C=O) groups is 1. The van der Waals surface area contributed by atoms with Crippen molar-refractivity contribution >= 4 is 40.4 Å². The Bertz CT molecular complexity index is 1500. The molecule has 0 radical (unpaired) electrons. The third kappa shape index (κ3) is 7.66. The highest BCUT2D eigenvalue weighted by Crippen LogP contribution is 2.26. The molecule has 0 amide bonds. The molecule has 206 valence electrons. The van der Waals surface area contributed by atoms with Crippen molar-refractivity contribution in [2.75, 3.05) is 6.61 Å². The van der Waals surface area contributed by atoms with Gasteiger partial charge in [0.15, 0.2) is 12.1 Å². The highest BCUT2D eigenvalue weighted by Gasteiger charge is 2.27. The summed E-state index contributed by atoms with van der Waals surface area (Å²) in [7, 11) is 0. The highest BCUT2D eigenvalue weighted by atomic mass is 35.5. The lowest BCUT2D eigenvalue weighted by atomic mass is 9.91. The molecular formula is C35H36ClNO3. The number of aromatic nitrogens is 1. The largest absolute Gasteiger partial charge is 0.353 e. The van der Waals surface area contributed by atoms with Crippen LogP contribution in [0, 0.1) is 0 Å². The van der Waals surface area contributed by atoms with Crippen molar-refractivity contribution in [1.29, 1.82) is 0 Å². The highest BCUT2D eigenvalue weighted by molar-refractivity contribution is 6.31. The Morgan fingerprint density at radius 3 is 2.65 bits per heavy atom. The molecular weight excluding hydrogens is 518 g/mol. The average molecular weight is 554 g/mol. The Balaban J connectivity index is 1.22. The smallest absolute Gasteiger partial charge is 0.163 e. The number of carbonyl (C=O) groups excluding carboxylic acids is 1. The van der Waals surface area contributed by atoms with E-state index < -0.39 is 0 Å². The van der Waals surface area contributed by atoms with Crippen molar-refractivity contribution < 1.29 is 14.3 Å². The van der Waals surface area contributed by atoms with Gasteiger partial charge in [-0.15, -0.1) is 0 Å². The van der Waals surface area contributed by atoms with Crippen LogP contribution in [0.25, 0.3) is 23.1 Å². The van der Waals surface area contributed by atoms with Crippen LogP contribution in [0.15, 0.2) is 78.9 Å².